The standard InChI is InChI=1S/C14H24.C2H4O/c1-11(2)6-5-7-14-9-8-12(3)13(4)10-14;1-2-3/h6,10,12-13H,5,7-9H2,1-4H3;2H,1H3/t12-,13+;/m1./s1. The van der Waals surface area contributed by atoms with Crippen molar-refractivity contribution >= 4 is 6.29 Å². The second kappa shape index (κ2) is 9.21. The van der Waals surface area contributed by atoms with Gasteiger partial charge < -0.3 is 4.79 Å². The molecule has 0 aromatic heterocycles. The summed E-state index contributed by atoms with van der Waals surface area (Å²) < 4.78 is 0. The summed E-state index contributed by atoms with van der Waals surface area (Å²) in [6.45, 7) is 10.5. The van der Waals surface area contributed by atoms with Gasteiger partial charge in [-0.15, -0.1) is 0 Å². The van der Waals surface area contributed by atoms with E-state index in [9.17, 15) is 0 Å². The Labute approximate surface area is 107 Å². The van der Waals surface area contributed by atoms with Crippen LogP contribution in [0.5, 0.6) is 0 Å². The number of rotatable bonds is 3. The fourth-order valence-corrected chi connectivity index (χ4v) is 2.05. The Kier molecular flexibility index (Phi) is 8.75. The van der Waals surface area contributed by atoms with E-state index >= 15 is 0 Å². The molecule has 0 aromatic rings. The summed E-state index contributed by atoms with van der Waals surface area (Å²) in [6.07, 6.45) is 10.8. The fourth-order valence-electron chi connectivity index (χ4n) is 2.05. The van der Waals surface area contributed by atoms with Crippen LogP contribution in [-0.4, -0.2) is 6.29 Å². The molecular formula is C16H28O. The van der Waals surface area contributed by atoms with E-state index in [1.807, 2.05) is 0 Å². The molecule has 0 heterocycles. The lowest BCUT2D eigenvalue weighted by Crippen LogP contribution is -2.11. The number of carbonyl (C=O) groups excluding carboxylic acids is 1. The Morgan fingerprint density at radius 3 is 2.47 bits per heavy atom. The largest absolute Gasteiger partial charge is 0.304 e. The average molecular weight is 236 g/mol. The molecule has 0 aromatic carbocycles. The van der Waals surface area contributed by atoms with E-state index < -0.39 is 0 Å². The summed E-state index contributed by atoms with van der Waals surface area (Å²) >= 11 is 0. The van der Waals surface area contributed by atoms with Crippen molar-refractivity contribution in [2.24, 2.45) is 11.8 Å². The highest BCUT2D eigenvalue weighted by molar-refractivity contribution is 5.44. The number of carbonyl (C=O) groups is 1. The molecule has 0 aliphatic heterocycles. The van der Waals surface area contributed by atoms with Gasteiger partial charge >= 0.3 is 0 Å². The van der Waals surface area contributed by atoms with Crippen molar-refractivity contribution in [3.8, 4) is 0 Å². The Balaban J connectivity index is 0.000000770. The summed E-state index contributed by atoms with van der Waals surface area (Å²) in [6, 6.07) is 0. The Hall–Kier alpha value is -0.850. The van der Waals surface area contributed by atoms with Gasteiger partial charge in [-0.2, -0.15) is 0 Å². The van der Waals surface area contributed by atoms with E-state index in [4.69, 9.17) is 4.79 Å². The summed E-state index contributed by atoms with van der Waals surface area (Å²) in [5.74, 6) is 1.69. The predicted molar refractivity (Wildman–Crippen MR) is 76.0 cm³/mol. The minimum Gasteiger partial charge on any atom is -0.304 e. The van der Waals surface area contributed by atoms with E-state index in [1.54, 1.807) is 5.57 Å². The van der Waals surface area contributed by atoms with Gasteiger partial charge in [0.2, 0.25) is 0 Å². The van der Waals surface area contributed by atoms with Crippen molar-refractivity contribution in [3.63, 3.8) is 0 Å². The molecule has 0 bridgehead atoms. The maximum atomic E-state index is 8.81. The van der Waals surface area contributed by atoms with E-state index in [-0.39, 0.29) is 0 Å². The van der Waals surface area contributed by atoms with E-state index in [0.717, 1.165) is 18.1 Å². The van der Waals surface area contributed by atoms with Crippen LogP contribution in [0.3, 0.4) is 0 Å². The molecule has 17 heavy (non-hydrogen) atoms. The van der Waals surface area contributed by atoms with Crippen LogP contribution < -0.4 is 0 Å². The third kappa shape index (κ3) is 7.95. The number of hydrogen-bond acceptors (Lipinski definition) is 1. The van der Waals surface area contributed by atoms with Gasteiger partial charge in [0.05, 0.1) is 0 Å². The van der Waals surface area contributed by atoms with Crippen molar-refractivity contribution in [2.75, 3.05) is 0 Å². The minimum absolute atomic E-state index is 0.750. The van der Waals surface area contributed by atoms with Crippen molar-refractivity contribution in [1.82, 2.24) is 0 Å². The van der Waals surface area contributed by atoms with Gasteiger partial charge in [-0.3, -0.25) is 0 Å². The minimum atomic E-state index is 0.750. The molecule has 2 atom stereocenters. The van der Waals surface area contributed by atoms with Crippen LogP contribution in [0.2, 0.25) is 0 Å². The Bertz CT molecular complexity index is 269. The monoisotopic (exact) mass is 236 g/mol. The van der Waals surface area contributed by atoms with Crippen LogP contribution in [0.4, 0.5) is 0 Å². The maximum absolute atomic E-state index is 8.81. The Morgan fingerprint density at radius 2 is 2.00 bits per heavy atom. The molecule has 98 valence electrons. The van der Waals surface area contributed by atoms with E-state index in [1.165, 1.54) is 38.2 Å². The molecular weight excluding hydrogens is 208 g/mol. The zero-order valence-corrected chi connectivity index (χ0v) is 12.1. The quantitative estimate of drug-likeness (QED) is 0.501. The third-order valence-corrected chi connectivity index (χ3v) is 3.33. The molecule has 1 heteroatoms. The zero-order valence-electron chi connectivity index (χ0n) is 12.1. The van der Waals surface area contributed by atoms with E-state index in [2.05, 4.69) is 39.8 Å². The molecule has 0 unspecified atom stereocenters. The van der Waals surface area contributed by atoms with Crippen LogP contribution in [0, 0.1) is 11.8 Å². The molecule has 1 nitrogen and oxygen atoms in total. The summed E-state index contributed by atoms with van der Waals surface area (Å²) in [4.78, 5) is 8.81. The molecule has 0 N–H and O–H groups in total. The first kappa shape index (κ1) is 16.1. The van der Waals surface area contributed by atoms with Gasteiger partial charge in [0.25, 0.3) is 0 Å². The van der Waals surface area contributed by atoms with E-state index in [0.29, 0.717) is 0 Å². The van der Waals surface area contributed by atoms with Gasteiger partial charge in [0, 0.05) is 0 Å². The van der Waals surface area contributed by atoms with Crippen molar-refractivity contribution in [2.45, 2.75) is 60.3 Å². The second-order valence-corrected chi connectivity index (χ2v) is 5.26. The topological polar surface area (TPSA) is 17.1 Å². The van der Waals surface area contributed by atoms with Crippen LogP contribution in [0.25, 0.3) is 0 Å². The van der Waals surface area contributed by atoms with Crippen molar-refractivity contribution in [1.29, 1.82) is 0 Å². The fraction of sp³-hybridized carbons (Fsp3) is 0.688. The zero-order chi connectivity index (χ0) is 13.3. The molecule has 0 amide bonds. The second-order valence-electron chi connectivity index (χ2n) is 5.26. The lowest BCUT2D eigenvalue weighted by atomic mass is 9.82. The number of aldehydes is 1. The molecule has 0 saturated carbocycles. The highest BCUT2D eigenvalue weighted by Gasteiger charge is 2.16. The molecule has 0 spiro atoms. The first-order valence-electron chi connectivity index (χ1n) is 6.74. The first-order valence-corrected chi connectivity index (χ1v) is 6.74. The lowest BCUT2D eigenvalue weighted by Gasteiger charge is -2.24. The van der Waals surface area contributed by atoms with Crippen LogP contribution in [-0.2, 0) is 4.79 Å². The summed E-state index contributed by atoms with van der Waals surface area (Å²) in [5, 5.41) is 0. The van der Waals surface area contributed by atoms with Crippen LogP contribution in [0.15, 0.2) is 23.3 Å². The molecule has 0 saturated heterocycles. The maximum Gasteiger partial charge on any atom is 0.116 e. The van der Waals surface area contributed by atoms with Crippen LogP contribution >= 0.6 is 0 Å². The molecule has 0 fully saturated rings. The van der Waals surface area contributed by atoms with Crippen molar-refractivity contribution in [3.05, 3.63) is 23.3 Å². The molecule has 1 aliphatic rings. The van der Waals surface area contributed by atoms with Gasteiger partial charge in [-0.25, -0.2) is 0 Å². The molecule has 1 rings (SSSR count). The number of allylic oxidation sites excluding steroid dienone is 4. The molecule has 1 aliphatic carbocycles. The third-order valence-electron chi connectivity index (χ3n) is 3.33. The smallest absolute Gasteiger partial charge is 0.116 e. The van der Waals surface area contributed by atoms with Gasteiger partial charge in [-0.1, -0.05) is 37.1 Å². The van der Waals surface area contributed by atoms with Gasteiger partial charge in [0.15, 0.2) is 0 Å². The Morgan fingerprint density at radius 1 is 1.41 bits per heavy atom. The van der Waals surface area contributed by atoms with Crippen molar-refractivity contribution < 1.29 is 4.79 Å². The molecule has 0 radical (unpaired) electrons. The lowest BCUT2D eigenvalue weighted by molar-refractivity contribution is -0.106. The number of hydrogen-bond donors (Lipinski definition) is 0. The van der Waals surface area contributed by atoms with Gasteiger partial charge in [0.1, 0.15) is 6.29 Å². The highest BCUT2D eigenvalue weighted by atomic mass is 16.1. The first-order chi connectivity index (χ1) is 8.01. The highest BCUT2D eigenvalue weighted by Crippen LogP contribution is 2.30. The predicted octanol–water partition coefficient (Wildman–Crippen LogP) is 4.93. The summed E-state index contributed by atoms with van der Waals surface area (Å²) in [7, 11) is 0. The van der Waals surface area contributed by atoms with Gasteiger partial charge in [-0.05, 0) is 58.3 Å². The van der Waals surface area contributed by atoms with Crippen LogP contribution in [0.1, 0.15) is 60.3 Å². The summed E-state index contributed by atoms with van der Waals surface area (Å²) in [5.41, 5.74) is 3.14. The SMILES string of the molecule is CC(C)=CCCC1=C[C@H](C)[C@H](C)CC1.CC=O. The normalized spacial score (nSPS) is 23.0. The average Bonchev–Trinajstić information content (AvgIpc) is 2.24.